The molecular formula is C17H20N4O6S. The van der Waals surface area contributed by atoms with Gasteiger partial charge in [-0.15, -0.1) is 0 Å². The molecule has 0 aliphatic rings. The Labute approximate surface area is 161 Å². The van der Waals surface area contributed by atoms with Gasteiger partial charge in [-0.25, -0.2) is 8.42 Å². The molecule has 0 bridgehead atoms. The highest BCUT2D eigenvalue weighted by Gasteiger charge is 2.23. The molecule has 1 heterocycles. The highest BCUT2D eigenvalue weighted by Crippen LogP contribution is 2.14. The van der Waals surface area contributed by atoms with Gasteiger partial charge < -0.3 is 9.73 Å². The summed E-state index contributed by atoms with van der Waals surface area (Å²) >= 11 is 0. The van der Waals surface area contributed by atoms with Crippen LogP contribution < -0.4 is 16.2 Å². The lowest BCUT2D eigenvalue weighted by Crippen LogP contribution is -2.49. The SMILES string of the molecule is Cc1ccc(S(=O)(=O)N(C)CC(=O)NNC(=O)CNC(=O)c2ccco2)cc1. The number of rotatable bonds is 7. The first-order valence-corrected chi connectivity index (χ1v) is 9.56. The molecule has 1 aromatic heterocycles. The molecule has 2 rings (SSSR count). The molecule has 28 heavy (non-hydrogen) atoms. The third-order valence-corrected chi connectivity index (χ3v) is 5.41. The second-order valence-electron chi connectivity index (χ2n) is 5.83. The van der Waals surface area contributed by atoms with E-state index >= 15 is 0 Å². The number of furan rings is 1. The molecule has 0 fully saturated rings. The number of sulfonamides is 1. The van der Waals surface area contributed by atoms with E-state index in [0.717, 1.165) is 9.87 Å². The quantitative estimate of drug-likeness (QED) is 0.542. The summed E-state index contributed by atoms with van der Waals surface area (Å²) in [6.07, 6.45) is 1.32. The van der Waals surface area contributed by atoms with Crippen LogP contribution in [0, 0.1) is 6.92 Å². The Bertz CT molecular complexity index is 939. The highest BCUT2D eigenvalue weighted by molar-refractivity contribution is 7.89. The van der Waals surface area contributed by atoms with E-state index in [4.69, 9.17) is 4.42 Å². The summed E-state index contributed by atoms with van der Waals surface area (Å²) in [6.45, 7) is 0.917. The van der Waals surface area contributed by atoms with Crippen molar-refractivity contribution in [3.63, 3.8) is 0 Å². The van der Waals surface area contributed by atoms with Gasteiger partial charge in [0.15, 0.2) is 5.76 Å². The van der Waals surface area contributed by atoms with Gasteiger partial charge in [-0.2, -0.15) is 4.31 Å². The zero-order chi connectivity index (χ0) is 20.7. The van der Waals surface area contributed by atoms with Gasteiger partial charge in [0.1, 0.15) is 0 Å². The van der Waals surface area contributed by atoms with Gasteiger partial charge in [-0.3, -0.25) is 25.2 Å². The molecule has 0 aliphatic heterocycles. The second-order valence-corrected chi connectivity index (χ2v) is 7.88. The van der Waals surface area contributed by atoms with E-state index in [2.05, 4.69) is 16.2 Å². The van der Waals surface area contributed by atoms with E-state index in [9.17, 15) is 22.8 Å². The van der Waals surface area contributed by atoms with Crippen molar-refractivity contribution in [2.45, 2.75) is 11.8 Å². The van der Waals surface area contributed by atoms with Gasteiger partial charge in [0.2, 0.25) is 10.0 Å². The molecule has 3 amide bonds. The summed E-state index contributed by atoms with van der Waals surface area (Å²) in [4.78, 5) is 35.2. The molecule has 0 saturated carbocycles. The van der Waals surface area contributed by atoms with Gasteiger partial charge in [-0.1, -0.05) is 17.7 Å². The largest absolute Gasteiger partial charge is 0.459 e. The number of nitrogens with zero attached hydrogens (tertiary/aromatic N) is 1. The summed E-state index contributed by atoms with van der Waals surface area (Å²) in [5, 5.41) is 2.30. The molecular weight excluding hydrogens is 388 g/mol. The number of carbonyl (C=O) groups is 3. The van der Waals surface area contributed by atoms with Gasteiger partial charge in [0.05, 0.1) is 24.2 Å². The van der Waals surface area contributed by atoms with Crippen molar-refractivity contribution < 1.29 is 27.2 Å². The lowest BCUT2D eigenvalue weighted by molar-refractivity contribution is -0.128. The van der Waals surface area contributed by atoms with E-state index in [1.807, 2.05) is 6.92 Å². The van der Waals surface area contributed by atoms with Crippen LogP contribution in [0.3, 0.4) is 0 Å². The maximum Gasteiger partial charge on any atom is 0.287 e. The minimum Gasteiger partial charge on any atom is -0.459 e. The lowest BCUT2D eigenvalue weighted by Gasteiger charge is -2.17. The van der Waals surface area contributed by atoms with E-state index < -0.39 is 40.8 Å². The Balaban J connectivity index is 1.78. The number of hydrogen-bond donors (Lipinski definition) is 3. The van der Waals surface area contributed by atoms with Crippen molar-refractivity contribution in [3.05, 3.63) is 54.0 Å². The van der Waals surface area contributed by atoms with E-state index in [1.165, 1.54) is 37.6 Å². The Morgan fingerprint density at radius 2 is 1.68 bits per heavy atom. The first kappa shape index (κ1) is 21.1. The first-order chi connectivity index (χ1) is 13.2. The Morgan fingerprint density at radius 3 is 2.29 bits per heavy atom. The van der Waals surface area contributed by atoms with Crippen LogP contribution in [0.4, 0.5) is 0 Å². The van der Waals surface area contributed by atoms with Crippen molar-refractivity contribution in [2.24, 2.45) is 0 Å². The van der Waals surface area contributed by atoms with Gasteiger partial charge in [0.25, 0.3) is 17.7 Å². The second kappa shape index (κ2) is 9.15. The molecule has 0 spiro atoms. The highest BCUT2D eigenvalue weighted by atomic mass is 32.2. The number of likely N-dealkylation sites (N-methyl/N-ethyl adjacent to an activating group) is 1. The molecule has 0 unspecified atom stereocenters. The first-order valence-electron chi connectivity index (χ1n) is 8.12. The van der Waals surface area contributed by atoms with Crippen LogP contribution in [-0.2, 0) is 19.6 Å². The zero-order valence-corrected chi connectivity index (χ0v) is 16.1. The van der Waals surface area contributed by atoms with E-state index in [0.29, 0.717) is 0 Å². The predicted octanol–water partition coefficient (Wildman–Crippen LogP) is -0.214. The van der Waals surface area contributed by atoms with Crippen molar-refractivity contribution in [1.29, 1.82) is 0 Å². The molecule has 1 aromatic carbocycles. The molecule has 150 valence electrons. The lowest BCUT2D eigenvalue weighted by atomic mass is 10.2. The van der Waals surface area contributed by atoms with Gasteiger partial charge in [-0.05, 0) is 31.2 Å². The van der Waals surface area contributed by atoms with E-state index in [-0.39, 0.29) is 10.7 Å². The van der Waals surface area contributed by atoms with Crippen LogP contribution in [-0.4, -0.2) is 50.6 Å². The van der Waals surface area contributed by atoms with Crippen molar-refractivity contribution >= 4 is 27.7 Å². The smallest absolute Gasteiger partial charge is 0.287 e. The Morgan fingerprint density at radius 1 is 1.04 bits per heavy atom. The van der Waals surface area contributed by atoms with Crippen LogP contribution in [0.15, 0.2) is 52.0 Å². The summed E-state index contributed by atoms with van der Waals surface area (Å²) in [7, 11) is -2.59. The average molecular weight is 408 g/mol. The number of carbonyl (C=O) groups excluding carboxylic acids is 3. The Kier molecular flexibility index (Phi) is 6.90. The van der Waals surface area contributed by atoms with Gasteiger partial charge >= 0.3 is 0 Å². The number of benzene rings is 1. The number of nitrogens with one attached hydrogen (secondary N) is 3. The normalized spacial score (nSPS) is 11.1. The molecule has 0 aliphatic carbocycles. The zero-order valence-electron chi connectivity index (χ0n) is 15.3. The number of amides is 3. The molecule has 11 heteroatoms. The van der Waals surface area contributed by atoms with Crippen LogP contribution in [0.25, 0.3) is 0 Å². The summed E-state index contributed by atoms with van der Waals surface area (Å²) in [5.41, 5.74) is 5.07. The summed E-state index contributed by atoms with van der Waals surface area (Å²) in [6, 6.07) is 9.15. The fraction of sp³-hybridized carbons (Fsp3) is 0.235. The third kappa shape index (κ3) is 5.66. The van der Waals surface area contributed by atoms with E-state index in [1.54, 1.807) is 12.1 Å². The van der Waals surface area contributed by atoms with Crippen LogP contribution >= 0.6 is 0 Å². The fourth-order valence-corrected chi connectivity index (χ4v) is 3.18. The molecule has 0 radical (unpaired) electrons. The van der Waals surface area contributed by atoms with Crippen molar-refractivity contribution in [1.82, 2.24) is 20.5 Å². The molecule has 0 saturated heterocycles. The number of aryl methyl sites for hydroxylation is 1. The molecule has 0 atom stereocenters. The average Bonchev–Trinajstić information content (AvgIpc) is 3.19. The minimum atomic E-state index is -3.84. The predicted molar refractivity (Wildman–Crippen MR) is 98.3 cm³/mol. The fourth-order valence-electron chi connectivity index (χ4n) is 2.06. The van der Waals surface area contributed by atoms with Crippen molar-refractivity contribution in [2.75, 3.05) is 20.1 Å². The molecule has 2 aromatic rings. The van der Waals surface area contributed by atoms with Crippen LogP contribution in [0.5, 0.6) is 0 Å². The Hall–Kier alpha value is -3.18. The van der Waals surface area contributed by atoms with Gasteiger partial charge in [0, 0.05) is 7.05 Å². The van der Waals surface area contributed by atoms with Crippen LogP contribution in [0.2, 0.25) is 0 Å². The topological polar surface area (TPSA) is 138 Å². The minimum absolute atomic E-state index is 0.0415. The number of hydrazine groups is 1. The monoisotopic (exact) mass is 408 g/mol. The van der Waals surface area contributed by atoms with Crippen molar-refractivity contribution in [3.8, 4) is 0 Å². The number of hydrogen-bond acceptors (Lipinski definition) is 6. The van der Waals surface area contributed by atoms with Crippen LogP contribution in [0.1, 0.15) is 16.1 Å². The molecule has 3 N–H and O–H groups in total. The standard InChI is InChI=1S/C17H20N4O6S/c1-12-5-7-13(8-6-12)28(25,26)21(2)11-16(23)20-19-15(22)10-18-17(24)14-4-3-9-27-14/h3-9H,10-11H2,1-2H3,(H,18,24)(H,19,22)(H,20,23). The maximum absolute atomic E-state index is 12.4. The molecule has 10 nitrogen and oxygen atoms in total. The maximum atomic E-state index is 12.4. The summed E-state index contributed by atoms with van der Waals surface area (Å²) < 4.78 is 30.5. The third-order valence-electron chi connectivity index (χ3n) is 3.59. The summed E-state index contributed by atoms with van der Waals surface area (Å²) in [5.74, 6) is -1.99.